The minimum absolute atomic E-state index is 0.136. The zero-order valence-corrected chi connectivity index (χ0v) is 13.5. The number of amides is 1. The smallest absolute Gasteiger partial charge is 0.265 e. The van der Waals surface area contributed by atoms with E-state index in [1.807, 2.05) is 4.90 Å². The van der Waals surface area contributed by atoms with E-state index in [2.05, 4.69) is 18.5 Å². The summed E-state index contributed by atoms with van der Waals surface area (Å²) in [7, 11) is 0. The molecule has 1 aliphatic heterocycles. The topological polar surface area (TPSA) is 68.3 Å². The number of carbonyl (C=O) groups excluding carboxylic acids is 1. The van der Waals surface area contributed by atoms with Gasteiger partial charge < -0.3 is 9.32 Å². The van der Waals surface area contributed by atoms with Gasteiger partial charge in [0.05, 0.1) is 5.56 Å². The lowest BCUT2D eigenvalue weighted by atomic mass is 9.98. The molecule has 0 atom stereocenters. The highest BCUT2D eigenvalue weighted by Crippen LogP contribution is 2.25. The Kier molecular flexibility index (Phi) is 4.07. The van der Waals surface area contributed by atoms with Gasteiger partial charge in [0.15, 0.2) is 0 Å². The highest BCUT2D eigenvalue weighted by Gasteiger charge is 2.28. The molecule has 0 bridgehead atoms. The van der Waals surface area contributed by atoms with Crippen molar-refractivity contribution >= 4 is 17.0 Å². The second-order valence-corrected chi connectivity index (χ2v) is 6.18. The highest BCUT2D eigenvalue weighted by atomic mass is 16.3. The van der Waals surface area contributed by atoms with Crippen LogP contribution in [0.25, 0.3) is 11.1 Å². The van der Waals surface area contributed by atoms with E-state index in [4.69, 9.17) is 4.42 Å². The molecule has 6 heteroatoms. The van der Waals surface area contributed by atoms with Crippen molar-refractivity contribution < 1.29 is 9.21 Å². The molecule has 23 heavy (non-hydrogen) atoms. The molecule has 0 spiro atoms. The standard InChI is InChI=1S/C17H21N3O3/c1-4-7-20-10-18-15-14(17(20)22)13(12(3)23-15)16(21)19-8-5-11(2)6-9-19/h4,10-11H,1,5-9H2,2-3H3. The highest BCUT2D eigenvalue weighted by molar-refractivity contribution is 6.06. The Bertz CT molecular complexity index is 810. The van der Waals surface area contributed by atoms with E-state index < -0.39 is 0 Å². The molecule has 6 nitrogen and oxygen atoms in total. The molecule has 2 aromatic rings. The van der Waals surface area contributed by atoms with E-state index in [1.165, 1.54) is 10.9 Å². The fraction of sp³-hybridized carbons (Fsp3) is 0.471. The monoisotopic (exact) mass is 315 g/mol. The van der Waals surface area contributed by atoms with Crippen molar-refractivity contribution in [2.24, 2.45) is 5.92 Å². The fourth-order valence-electron chi connectivity index (χ4n) is 3.03. The lowest BCUT2D eigenvalue weighted by molar-refractivity contribution is 0.0697. The molecule has 1 saturated heterocycles. The van der Waals surface area contributed by atoms with Crippen molar-refractivity contribution in [2.75, 3.05) is 13.1 Å². The Balaban J connectivity index is 2.07. The van der Waals surface area contributed by atoms with Gasteiger partial charge in [-0.05, 0) is 25.7 Å². The van der Waals surface area contributed by atoms with Crippen molar-refractivity contribution in [3.8, 4) is 0 Å². The molecule has 1 amide bonds. The van der Waals surface area contributed by atoms with Gasteiger partial charge in [0.1, 0.15) is 17.5 Å². The summed E-state index contributed by atoms with van der Waals surface area (Å²) in [5.74, 6) is 0.945. The van der Waals surface area contributed by atoms with E-state index >= 15 is 0 Å². The number of piperidine rings is 1. The average Bonchev–Trinajstić information content (AvgIpc) is 2.87. The van der Waals surface area contributed by atoms with Crippen LogP contribution >= 0.6 is 0 Å². The first-order valence-electron chi connectivity index (χ1n) is 7.91. The quantitative estimate of drug-likeness (QED) is 0.815. The first kappa shape index (κ1) is 15.5. The van der Waals surface area contributed by atoms with Crippen molar-refractivity contribution in [2.45, 2.75) is 33.2 Å². The maximum Gasteiger partial charge on any atom is 0.265 e. The van der Waals surface area contributed by atoms with E-state index in [1.54, 1.807) is 13.0 Å². The Labute approximate surface area is 134 Å². The van der Waals surface area contributed by atoms with E-state index in [0.29, 0.717) is 36.9 Å². The van der Waals surface area contributed by atoms with Gasteiger partial charge in [0.25, 0.3) is 11.5 Å². The van der Waals surface area contributed by atoms with Crippen LogP contribution in [0, 0.1) is 12.8 Å². The first-order chi connectivity index (χ1) is 11.0. The average molecular weight is 315 g/mol. The van der Waals surface area contributed by atoms with E-state index in [9.17, 15) is 9.59 Å². The number of likely N-dealkylation sites (tertiary alicyclic amines) is 1. The van der Waals surface area contributed by atoms with Crippen molar-refractivity contribution in [3.63, 3.8) is 0 Å². The number of aromatic nitrogens is 2. The summed E-state index contributed by atoms with van der Waals surface area (Å²) in [5, 5.41) is 0.274. The van der Waals surface area contributed by atoms with E-state index in [-0.39, 0.29) is 22.6 Å². The molecule has 122 valence electrons. The summed E-state index contributed by atoms with van der Waals surface area (Å²) >= 11 is 0. The van der Waals surface area contributed by atoms with Crippen LogP contribution in [0.5, 0.6) is 0 Å². The van der Waals surface area contributed by atoms with Crippen LogP contribution in [-0.2, 0) is 6.54 Å². The normalized spacial score (nSPS) is 16.0. The number of fused-ring (bicyclic) bond motifs is 1. The number of allylic oxidation sites excluding steroid dienone is 1. The number of hydrogen-bond donors (Lipinski definition) is 0. The Morgan fingerprint density at radius 1 is 1.48 bits per heavy atom. The summed E-state index contributed by atoms with van der Waals surface area (Å²) in [5.41, 5.74) is 0.312. The third kappa shape index (κ3) is 2.69. The summed E-state index contributed by atoms with van der Waals surface area (Å²) < 4.78 is 6.98. The zero-order valence-electron chi connectivity index (χ0n) is 13.5. The molecule has 0 aromatic carbocycles. The molecule has 3 heterocycles. The predicted molar refractivity (Wildman–Crippen MR) is 87.5 cm³/mol. The number of furan rings is 1. The lowest BCUT2D eigenvalue weighted by Gasteiger charge is -2.30. The lowest BCUT2D eigenvalue weighted by Crippen LogP contribution is -2.38. The van der Waals surface area contributed by atoms with Gasteiger partial charge >= 0.3 is 0 Å². The summed E-state index contributed by atoms with van der Waals surface area (Å²) in [6.07, 6.45) is 5.01. The molecule has 0 aliphatic carbocycles. The van der Waals surface area contributed by atoms with Gasteiger partial charge in [-0.1, -0.05) is 13.0 Å². The number of carbonyl (C=O) groups is 1. The molecule has 0 N–H and O–H groups in total. The molecule has 1 fully saturated rings. The Morgan fingerprint density at radius 2 is 2.17 bits per heavy atom. The second kappa shape index (κ2) is 6.02. The molecule has 0 radical (unpaired) electrons. The molecule has 1 aliphatic rings. The number of hydrogen-bond acceptors (Lipinski definition) is 4. The molecule has 0 saturated carbocycles. The molecular formula is C17H21N3O3. The maximum absolute atomic E-state index is 12.9. The summed E-state index contributed by atoms with van der Waals surface area (Å²) in [6, 6.07) is 0. The van der Waals surface area contributed by atoms with Gasteiger partial charge in [0, 0.05) is 19.6 Å². The van der Waals surface area contributed by atoms with Crippen LogP contribution in [0.1, 0.15) is 35.9 Å². The Morgan fingerprint density at radius 3 is 2.83 bits per heavy atom. The Hall–Kier alpha value is -2.37. The molecule has 0 unspecified atom stereocenters. The first-order valence-corrected chi connectivity index (χ1v) is 7.91. The maximum atomic E-state index is 12.9. The van der Waals surface area contributed by atoms with Crippen molar-refractivity contribution in [1.29, 1.82) is 0 Å². The molecule has 3 rings (SSSR count). The van der Waals surface area contributed by atoms with Crippen LogP contribution in [0.15, 0.2) is 28.2 Å². The third-order valence-electron chi connectivity index (χ3n) is 4.47. The summed E-state index contributed by atoms with van der Waals surface area (Å²) in [4.78, 5) is 31.5. The number of nitrogens with zero attached hydrogens (tertiary/aromatic N) is 3. The minimum Gasteiger partial charge on any atom is -0.442 e. The number of rotatable bonds is 3. The number of aryl methyl sites for hydroxylation is 1. The molecular weight excluding hydrogens is 294 g/mol. The van der Waals surface area contributed by atoms with Crippen LogP contribution in [0.4, 0.5) is 0 Å². The predicted octanol–water partition coefficient (Wildman–Crippen LogP) is 2.36. The third-order valence-corrected chi connectivity index (χ3v) is 4.47. The van der Waals surface area contributed by atoms with Gasteiger partial charge in [0.2, 0.25) is 5.71 Å². The van der Waals surface area contributed by atoms with E-state index in [0.717, 1.165) is 12.8 Å². The fourth-order valence-corrected chi connectivity index (χ4v) is 3.03. The SMILES string of the molecule is C=CCn1cnc2oc(C)c(C(=O)N3CCC(C)CC3)c2c1=O. The minimum atomic E-state index is -0.263. The van der Waals surface area contributed by atoms with Crippen LogP contribution in [0.3, 0.4) is 0 Å². The van der Waals surface area contributed by atoms with Crippen LogP contribution in [-0.4, -0.2) is 33.4 Å². The zero-order chi connectivity index (χ0) is 16.6. The van der Waals surface area contributed by atoms with Gasteiger partial charge in [-0.2, -0.15) is 0 Å². The van der Waals surface area contributed by atoms with Crippen LogP contribution in [0.2, 0.25) is 0 Å². The summed E-state index contributed by atoms with van der Waals surface area (Å²) in [6.45, 7) is 9.31. The van der Waals surface area contributed by atoms with Gasteiger partial charge in [-0.25, -0.2) is 4.98 Å². The van der Waals surface area contributed by atoms with Gasteiger partial charge in [-0.3, -0.25) is 14.2 Å². The second-order valence-electron chi connectivity index (χ2n) is 6.18. The molecule has 2 aromatic heterocycles. The largest absolute Gasteiger partial charge is 0.442 e. The van der Waals surface area contributed by atoms with Crippen LogP contribution < -0.4 is 5.56 Å². The van der Waals surface area contributed by atoms with Crippen molar-refractivity contribution in [1.82, 2.24) is 14.5 Å². The van der Waals surface area contributed by atoms with Gasteiger partial charge in [-0.15, -0.1) is 6.58 Å². The van der Waals surface area contributed by atoms with Crippen molar-refractivity contribution in [3.05, 3.63) is 40.7 Å².